The number of carbonyl (C=O) groups excluding carboxylic acids is 1. The molecule has 0 saturated heterocycles. The minimum Gasteiger partial charge on any atom is -0.507 e. The molecular formula is C18H16ClNO3. The van der Waals surface area contributed by atoms with E-state index in [9.17, 15) is 9.90 Å². The summed E-state index contributed by atoms with van der Waals surface area (Å²) in [5, 5.41) is 13.5. The normalized spacial score (nSPS) is 23.1. The monoisotopic (exact) mass is 329 g/mol. The van der Waals surface area contributed by atoms with Gasteiger partial charge in [-0.1, -0.05) is 54.1 Å². The van der Waals surface area contributed by atoms with Crippen LogP contribution in [0.15, 0.2) is 60.7 Å². The highest BCUT2D eigenvalue weighted by Crippen LogP contribution is 2.29. The number of phenols is 1. The molecule has 5 heteroatoms. The van der Waals surface area contributed by atoms with E-state index in [2.05, 4.69) is 5.32 Å². The van der Waals surface area contributed by atoms with Gasteiger partial charge in [-0.15, -0.1) is 0 Å². The SMILES string of the molecule is COC1(Cl)C=CC=CC1NC(=O)c1cc2ccccc2cc1O. The number of ether oxygens (including phenoxy) is 1. The van der Waals surface area contributed by atoms with Crippen molar-refractivity contribution >= 4 is 28.3 Å². The molecule has 1 aliphatic carbocycles. The number of hydrogen-bond acceptors (Lipinski definition) is 3. The molecule has 0 saturated carbocycles. The maximum Gasteiger partial charge on any atom is 0.255 e. The van der Waals surface area contributed by atoms with Crippen LogP contribution in [0.2, 0.25) is 0 Å². The van der Waals surface area contributed by atoms with Crippen molar-refractivity contribution in [2.75, 3.05) is 7.11 Å². The Labute approximate surface area is 139 Å². The van der Waals surface area contributed by atoms with E-state index in [1.165, 1.54) is 7.11 Å². The second-order valence-electron chi connectivity index (χ2n) is 5.31. The lowest BCUT2D eigenvalue weighted by Crippen LogP contribution is -2.49. The molecule has 0 spiro atoms. The number of rotatable bonds is 3. The average Bonchev–Trinajstić information content (AvgIpc) is 2.56. The molecular weight excluding hydrogens is 314 g/mol. The van der Waals surface area contributed by atoms with E-state index in [-0.39, 0.29) is 11.3 Å². The predicted octanol–water partition coefficient (Wildman–Crippen LogP) is 3.35. The number of carbonyl (C=O) groups is 1. The van der Waals surface area contributed by atoms with Gasteiger partial charge in [0.1, 0.15) is 5.75 Å². The molecule has 4 nitrogen and oxygen atoms in total. The summed E-state index contributed by atoms with van der Waals surface area (Å²) in [5.74, 6) is -0.491. The van der Waals surface area contributed by atoms with Gasteiger partial charge in [-0.3, -0.25) is 4.79 Å². The zero-order valence-electron chi connectivity index (χ0n) is 12.5. The van der Waals surface area contributed by atoms with E-state index in [0.29, 0.717) is 0 Å². The smallest absolute Gasteiger partial charge is 0.255 e. The van der Waals surface area contributed by atoms with Crippen LogP contribution < -0.4 is 5.32 Å². The number of fused-ring (bicyclic) bond motifs is 1. The summed E-state index contributed by atoms with van der Waals surface area (Å²) < 4.78 is 5.28. The van der Waals surface area contributed by atoms with Crippen molar-refractivity contribution in [2.24, 2.45) is 0 Å². The highest BCUT2D eigenvalue weighted by molar-refractivity contribution is 6.25. The standard InChI is InChI=1S/C18H16ClNO3/c1-23-18(19)9-5-4-8-16(18)20-17(22)14-10-12-6-2-3-7-13(12)11-15(14)21/h2-11,16,21H,1H3,(H,20,22). The Morgan fingerprint density at radius 3 is 2.65 bits per heavy atom. The second kappa shape index (κ2) is 6.07. The van der Waals surface area contributed by atoms with E-state index < -0.39 is 17.0 Å². The Morgan fingerprint density at radius 1 is 1.26 bits per heavy atom. The van der Waals surface area contributed by atoms with Gasteiger partial charge in [0.2, 0.25) is 0 Å². The van der Waals surface area contributed by atoms with E-state index in [0.717, 1.165) is 10.8 Å². The van der Waals surface area contributed by atoms with Gasteiger partial charge < -0.3 is 15.2 Å². The van der Waals surface area contributed by atoms with Crippen LogP contribution >= 0.6 is 11.6 Å². The molecule has 0 bridgehead atoms. The van der Waals surface area contributed by atoms with Crippen LogP contribution in [-0.4, -0.2) is 29.2 Å². The Balaban J connectivity index is 1.90. The molecule has 0 aliphatic heterocycles. The van der Waals surface area contributed by atoms with Gasteiger partial charge >= 0.3 is 0 Å². The number of benzene rings is 2. The van der Waals surface area contributed by atoms with Gasteiger partial charge in [-0.2, -0.15) is 0 Å². The molecule has 0 aromatic heterocycles. The fourth-order valence-corrected chi connectivity index (χ4v) is 2.77. The van der Waals surface area contributed by atoms with E-state index >= 15 is 0 Å². The van der Waals surface area contributed by atoms with Crippen LogP contribution in [0.4, 0.5) is 0 Å². The number of phenolic OH excluding ortho intramolecular Hbond substituents is 1. The fourth-order valence-electron chi connectivity index (χ4n) is 2.57. The molecule has 2 atom stereocenters. The second-order valence-corrected chi connectivity index (χ2v) is 5.90. The largest absolute Gasteiger partial charge is 0.507 e. The lowest BCUT2D eigenvalue weighted by molar-refractivity contribution is 0.0702. The topological polar surface area (TPSA) is 58.6 Å². The number of allylic oxidation sites excluding steroid dienone is 2. The Kier molecular flexibility index (Phi) is 4.11. The Morgan fingerprint density at radius 2 is 1.96 bits per heavy atom. The third-order valence-electron chi connectivity index (χ3n) is 3.87. The molecule has 1 amide bonds. The maximum atomic E-state index is 12.5. The number of amides is 1. The van der Waals surface area contributed by atoms with Crippen LogP contribution in [0.25, 0.3) is 10.8 Å². The van der Waals surface area contributed by atoms with Crippen molar-refractivity contribution in [1.82, 2.24) is 5.32 Å². The van der Waals surface area contributed by atoms with E-state index in [1.807, 2.05) is 24.3 Å². The van der Waals surface area contributed by atoms with Crippen molar-refractivity contribution in [3.63, 3.8) is 0 Å². The maximum absolute atomic E-state index is 12.5. The van der Waals surface area contributed by atoms with Gasteiger partial charge in [-0.25, -0.2) is 0 Å². The summed E-state index contributed by atoms with van der Waals surface area (Å²) in [6.07, 6.45) is 6.95. The molecule has 2 aromatic carbocycles. The first-order chi connectivity index (χ1) is 11.0. The number of methoxy groups -OCH3 is 1. The minimum atomic E-state index is -1.14. The average molecular weight is 330 g/mol. The molecule has 2 aromatic rings. The number of halogens is 1. The predicted molar refractivity (Wildman–Crippen MR) is 90.7 cm³/mol. The lowest BCUT2D eigenvalue weighted by Gasteiger charge is -2.31. The number of alkyl halides is 1. The summed E-state index contributed by atoms with van der Waals surface area (Å²) in [4.78, 5) is 12.5. The minimum absolute atomic E-state index is 0.0749. The van der Waals surface area contributed by atoms with Gasteiger partial charge in [0.15, 0.2) is 5.06 Å². The van der Waals surface area contributed by atoms with Crippen LogP contribution in [0.1, 0.15) is 10.4 Å². The molecule has 1 aliphatic rings. The molecule has 2 unspecified atom stereocenters. The quantitative estimate of drug-likeness (QED) is 0.849. The zero-order chi connectivity index (χ0) is 16.4. The van der Waals surface area contributed by atoms with Crippen molar-refractivity contribution in [1.29, 1.82) is 0 Å². The molecule has 2 N–H and O–H groups in total. The zero-order valence-corrected chi connectivity index (χ0v) is 13.2. The van der Waals surface area contributed by atoms with Crippen molar-refractivity contribution in [2.45, 2.75) is 11.1 Å². The summed E-state index contributed by atoms with van der Waals surface area (Å²) in [5.41, 5.74) is 0.196. The summed E-state index contributed by atoms with van der Waals surface area (Å²) in [6, 6.07) is 10.2. The molecule has 3 rings (SSSR count). The van der Waals surface area contributed by atoms with Gasteiger partial charge in [0.25, 0.3) is 5.91 Å². The van der Waals surface area contributed by atoms with Gasteiger partial charge in [0.05, 0.1) is 11.6 Å². The van der Waals surface area contributed by atoms with E-state index in [4.69, 9.17) is 16.3 Å². The number of hydrogen-bond donors (Lipinski definition) is 2. The third kappa shape index (κ3) is 2.96. The van der Waals surface area contributed by atoms with Crippen molar-refractivity contribution < 1.29 is 14.6 Å². The van der Waals surface area contributed by atoms with Crippen molar-refractivity contribution in [3.8, 4) is 5.75 Å². The highest BCUT2D eigenvalue weighted by Gasteiger charge is 2.35. The molecule has 0 heterocycles. The number of nitrogens with one attached hydrogen (secondary N) is 1. The Hall–Kier alpha value is -2.30. The van der Waals surface area contributed by atoms with Crippen LogP contribution in [0.5, 0.6) is 5.75 Å². The Bertz CT molecular complexity index is 815. The highest BCUT2D eigenvalue weighted by atomic mass is 35.5. The van der Waals surface area contributed by atoms with E-state index in [1.54, 1.807) is 36.4 Å². The van der Waals surface area contributed by atoms with Crippen molar-refractivity contribution in [3.05, 3.63) is 66.3 Å². The summed E-state index contributed by atoms with van der Waals surface area (Å²) in [6.45, 7) is 0. The first-order valence-corrected chi connectivity index (χ1v) is 7.54. The van der Waals surface area contributed by atoms with Gasteiger partial charge in [-0.05, 0) is 29.0 Å². The first-order valence-electron chi connectivity index (χ1n) is 7.16. The molecule has 0 fully saturated rings. The molecule has 0 radical (unpaired) electrons. The molecule has 23 heavy (non-hydrogen) atoms. The lowest BCUT2D eigenvalue weighted by atomic mass is 10.0. The number of aromatic hydroxyl groups is 1. The van der Waals surface area contributed by atoms with Crippen LogP contribution in [0.3, 0.4) is 0 Å². The summed E-state index contributed by atoms with van der Waals surface area (Å²) in [7, 11) is 1.48. The molecule has 118 valence electrons. The van der Waals surface area contributed by atoms with Crippen LogP contribution in [-0.2, 0) is 4.74 Å². The third-order valence-corrected chi connectivity index (χ3v) is 4.39. The first kappa shape index (κ1) is 15.6. The van der Waals surface area contributed by atoms with Crippen LogP contribution in [0, 0.1) is 0 Å². The fraction of sp³-hybridized carbons (Fsp3) is 0.167. The summed E-state index contributed by atoms with van der Waals surface area (Å²) >= 11 is 6.35. The van der Waals surface area contributed by atoms with Gasteiger partial charge in [0, 0.05) is 7.11 Å².